The summed E-state index contributed by atoms with van der Waals surface area (Å²) in [5, 5.41) is 8.77. The quantitative estimate of drug-likeness (QED) is 0.137. The van der Waals surface area contributed by atoms with Crippen LogP contribution in [-0.2, 0) is 0 Å². The zero-order chi connectivity index (χ0) is 38.6. The normalized spacial score (nSPS) is 14.1. The van der Waals surface area contributed by atoms with Gasteiger partial charge < -0.3 is 0 Å². The Morgan fingerprint density at radius 1 is 0.312 bits per heavy atom. The maximum Gasteiger partial charge on any atom is 0.0629 e. The van der Waals surface area contributed by atoms with Crippen LogP contribution in [0.5, 0.6) is 0 Å². The molecule has 10 rings (SSSR count). The van der Waals surface area contributed by atoms with Gasteiger partial charge in [0.05, 0.1) is 11.0 Å². The molecular weight excluding hydrogens is 577 g/mol. The molecule has 0 N–H and O–H groups in total. The topological polar surface area (TPSA) is 0 Å². The van der Waals surface area contributed by atoms with E-state index in [-0.39, 0.29) is 45.7 Å². The lowest BCUT2D eigenvalue weighted by atomic mass is 9.83. The zero-order valence-corrected chi connectivity index (χ0v) is 25.7. The molecule has 0 radical (unpaired) electrons. The molecule has 0 nitrogen and oxygen atoms in total. The summed E-state index contributed by atoms with van der Waals surface area (Å²) in [5.74, 6) is 0. The molecule has 0 heteroatoms. The molecule has 0 saturated carbocycles. The molecule has 0 spiro atoms. The Morgan fingerprint density at radius 3 is 1.50 bits per heavy atom. The van der Waals surface area contributed by atoms with Gasteiger partial charge >= 0.3 is 0 Å². The van der Waals surface area contributed by atoms with Gasteiger partial charge in [-0.3, -0.25) is 0 Å². The van der Waals surface area contributed by atoms with Gasteiger partial charge in [-0.05, 0) is 104 Å². The molecule has 0 aliphatic heterocycles. The van der Waals surface area contributed by atoms with Crippen LogP contribution in [0.25, 0.3) is 98.0 Å². The third-order valence-electron chi connectivity index (χ3n) is 9.67. The van der Waals surface area contributed by atoms with Crippen molar-refractivity contribution in [2.75, 3.05) is 0 Å². The number of hydrogen-bond donors (Lipinski definition) is 0. The molecule has 0 bridgehead atoms. The molecule has 0 aromatic heterocycles. The molecule has 0 heterocycles. The highest BCUT2D eigenvalue weighted by molar-refractivity contribution is 6.28. The second-order valence-electron chi connectivity index (χ2n) is 12.2. The lowest BCUT2D eigenvalue weighted by molar-refractivity contribution is 1.63. The van der Waals surface area contributed by atoms with E-state index in [2.05, 4.69) is 42.5 Å². The van der Waals surface area contributed by atoms with Crippen molar-refractivity contribution in [1.29, 1.82) is 0 Å². The number of rotatable bonds is 3. The zero-order valence-electron chi connectivity index (χ0n) is 33.7. The van der Waals surface area contributed by atoms with Crippen LogP contribution in [0.4, 0.5) is 0 Å². The summed E-state index contributed by atoms with van der Waals surface area (Å²) in [6.45, 7) is 0. The summed E-state index contributed by atoms with van der Waals surface area (Å²) in [6.07, 6.45) is 0. The van der Waals surface area contributed by atoms with Crippen molar-refractivity contribution in [2.24, 2.45) is 0 Å². The molecule has 0 fully saturated rings. The molecule has 0 aliphatic carbocycles. The van der Waals surface area contributed by atoms with Gasteiger partial charge in [0.1, 0.15) is 0 Å². The highest BCUT2D eigenvalue weighted by Gasteiger charge is 2.19. The third-order valence-corrected chi connectivity index (χ3v) is 9.67. The van der Waals surface area contributed by atoms with E-state index in [0.29, 0.717) is 22.3 Å². The van der Waals surface area contributed by atoms with Crippen molar-refractivity contribution in [1.82, 2.24) is 0 Å². The largest absolute Gasteiger partial charge is 0.0629 e. The minimum atomic E-state index is -0.419. The fraction of sp³-hybridized carbons (Fsp3) is 0. The molecule has 0 aliphatic rings. The summed E-state index contributed by atoms with van der Waals surface area (Å²) in [4.78, 5) is 0. The van der Waals surface area contributed by atoms with Gasteiger partial charge in [-0.2, -0.15) is 0 Å². The highest BCUT2D eigenvalue weighted by atomic mass is 14.2. The molecular formula is C48H30. The van der Waals surface area contributed by atoms with Crippen LogP contribution in [-0.4, -0.2) is 0 Å². The Hall–Kier alpha value is -6.24. The lowest BCUT2D eigenvalue weighted by Crippen LogP contribution is -1.92. The van der Waals surface area contributed by atoms with Crippen molar-refractivity contribution in [3.63, 3.8) is 0 Å². The predicted octanol–water partition coefficient (Wildman–Crippen LogP) is 13.6. The average Bonchev–Trinajstić information content (AvgIpc) is 3.24. The van der Waals surface area contributed by atoms with Gasteiger partial charge in [-0.1, -0.05) is 176 Å². The van der Waals surface area contributed by atoms with Gasteiger partial charge in [-0.25, -0.2) is 0 Å². The summed E-state index contributed by atoms with van der Waals surface area (Å²) >= 11 is 0. The Bertz CT molecular complexity index is 3250. The number of benzene rings is 10. The fourth-order valence-electron chi connectivity index (χ4n) is 7.56. The van der Waals surface area contributed by atoms with Crippen LogP contribution in [0, 0.1) is 0 Å². The molecule has 0 amide bonds. The Kier molecular flexibility index (Phi) is 4.46. The minimum Gasteiger partial charge on any atom is -0.0616 e. The van der Waals surface area contributed by atoms with Crippen molar-refractivity contribution in [3.05, 3.63) is 182 Å². The van der Waals surface area contributed by atoms with Crippen LogP contribution in [0.15, 0.2) is 182 Å². The minimum absolute atomic E-state index is 0.198. The molecule has 48 heavy (non-hydrogen) atoms. The maximum atomic E-state index is 9.49. The van der Waals surface area contributed by atoms with E-state index in [1.54, 1.807) is 0 Å². The van der Waals surface area contributed by atoms with Crippen LogP contribution in [0.1, 0.15) is 11.0 Å². The molecule has 10 aromatic rings. The van der Waals surface area contributed by atoms with E-state index in [1.807, 2.05) is 91.0 Å². The number of hydrogen-bond acceptors (Lipinski definition) is 0. The van der Waals surface area contributed by atoms with Crippen LogP contribution < -0.4 is 0 Å². The van der Waals surface area contributed by atoms with Crippen molar-refractivity contribution in [3.8, 4) is 33.4 Å². The Labute approximate surface area is 290 Å². The lowest BCUT2D eigenvalue weighted by Gasteiger charge is -2.20. The van der Waals surface area contributed by atoms with Gasteiger partial charge in [0.25, 0.3) is 0 Å². The monoisotopic (exact) mass is 614 g/mol. The molecule has 0 unspecified atom stereocenters. The standard InChI is InChI=1S/C48H30/c1-3-15-36-31(12-1)14-11-23-37(36)33-24-27-34(28-25-33)46-41-19-7-9-21-43(41)48(44-22-10-8-20-42(44)46)45-30-35-29-26-32-13-2-4-16-38(32)47(35)40-18-6-5-17-39(40)45/h1-30H/i7D,8D,9D,10D,19D,20D,21D,22D. The average molecular weight is 615 g/mol. The molecule has 0 saturated heterocycles. The van der Waals surface area contributed by atoms with E-state index in [1.165, 1.54) is 0 Å². The van der Waals surface area contributed by atoms with Gasteiger partial charge in [-0.15, -0.1) is 0 Å². The van der Waals surface area contributed by atoms with Crippen LogP contribution >= 0.6 is 0 Å². The molecule has 222 valence electrons. The second kappa shape index (κ2) is 10.7. The Balaban J connectivity index is 1.39. The van der Waals surface area contributed by atoms with E-state index in [4.69, 9.17) is 5.48 Å². The van der Waals surface area contributed by atoms with E-state index in [0.717, 1.165) is 54.2 Å². The van der Waals surface area contributed by atoms with Gasteiger partial charge in [0.2, 0.25) is 0 Å². The SMILES string of the molecule is [2H]c1c([2H])c([2H])c2c(-c3cc4ccc5ccccc5c4c4ccccc34)c3c([2H])c([2H])c([2H])c([2H])c3c(-c3ccc(-c4cccc5ccccc45)cc3)c2c1[2H]. The third kappa shape index (κ3) is 4.03. The van der Waals surface area contributed by atoms with Gasteiger partial charge in [0.15, 0.2) is 0 Å². The summed E-state index contributed by atoms with van der Waals surface area (Å²) in [6, 6.07) is 41.3. The Morgan fingerprint density at radius 2 is 0.812 bits per heavy atom. The van der Waals surface area contributed by atoms with Gasteiger partial charge in [0, 0.05) is 0 Å². The molecule has 10 aromatic carbocycles. The maximum absolute atomic E-state index is 9.49. The summed E-state index contributed by atoms with van der Waals surface area (Å²) < 4.78 is 73.4. The fourth-order valence-corrected chi connectivity index (χ4v) is 7.56. The first-order chi connectivity index (χ1) is 27.2. The number of fused-ring (bicyclic) bond motifs is 8. The first-order valence-electron chi connectivity index (χ1n) is 20.0. The molecule has 0 atom stereocenters. The van der Waals surface area contributed by atoms with Crippen molar-refractivity contribution in [2.45, 2.75) is 0 Å². The highest BCUT2D eigenvalue weighted by Crippen LogP contribution is 2.47. The van der Waals surface area contributed by atoms with E-state index >= 15 is 0 Å². The van der Waals surface area contributed by atoms with Crippen molar-refractivity contribution < 1.29 is 11.0 Å². The van der Waals surface area contributed by atoms with E-state index in [9.17, 15) is 5.48 Å². The first-order valence-corrected chi connectivity index (χ1v) is 16.0. The first kappa shape index (κ1) is 20.1. The van der Waals surface area contributed by atoms with E-state index < -0.39 is 24.2 Å². The predicted molar refractivity (Wildman–Crippen MR) is 208 cm³/mol. The second-order valence-corrected chi connectivity index (χ2v) is 12.2. The van der Waals surface area contributed by atoms with Crippen LogP contribution in [0.2, 0.25) is 0 Å². The van der Waals surface area contributed by atoms with Crippen LogP contribution in [0.3, 0.4) is 0 Å². The van der Waals surface area contributed by atoms with Crippen molar-refractivity contribution >= 4 is 64.6 Å². The summed E-state index contributed by atoms with van der Waals surface area (Å²) in [7, 11) is 0. The summed E-state index contributed by atoms with van der Waals surface area (Å²) in [5.41, 5.74) is 3.83. The smallest absolute Gasteiger partial charge is 0.0616 e.